The first kappa shape index (κ1) is 17.9. The number of benzene rings is 2. The second-order valence-corrected chi connectivity index (χ2v) is 6.08. The van der Waals surface area contributed by atoms with Crippen molar-refractivity contribution in [1.29, 1.82) is 0 Å². The quantitative estimate of drug-likeness (QED) is 0.760. The molecular weight excluding hydrogens is 302 g/mol. The molecule has 4 heteroatoms. The lowest BCUT2D eigenvalue weighted by Crippen LogP contribution is -2.09. The Morgan fingerprint density at radius 2 is 1.58 bits per heavy atom. The summed E-state index contributed by atoms with van der Waals surface area (Å²) in [5.74, 6) is 2.04. The number of hydrogen-bond acceptors (Lipinski definition) is 3. The number of nitrogens with one attached hydrogen (secondary N) is 1. The summed E-state index contributed by atoms with van der Waals surface area (Å²) in [6.07, 6.45) is 0. The molecular formula is C20H25NO3. The summed E-state index contributed by atoms with van der Waals surface area (Å²) >= 11 is 0. The van der Waals surface area contributed by atoms with Crippen LogP contribution in [0, 0.1) is 6.92 Å². The smallest absolute Gasteiger partial charge is 0.221 e. The van der Waals surface area contributed by atoms with Gasteiger partial charge in [0.15, 0.2) is 0 Å². The molecule has 24 heavy (non-hydrogen) atoms. The highest BCUT2D eigenvalue weighted by atomic mass is 16.5. The van der Waals surface area contributed by atoms with Crippen molar-refractivity contribution in [2.75, 3.05) is 18.5 Å². The molecule has 0 atom stereocenters. The van der Waals surface area contributed by atoms with Gasteiger partial charge in [-0.25, -0.2) is 0 Å². The van der Waals surface area contributed by atoms with Crippen LogP contribution in [0.1, 0.15) is 37.8 Å². The van der Waals surface area contributed by atoms with E-state index in [0.29, 0.717) is 19.1 Å². The highest BCUT2D eigenvalue weighted by molar-refractivity contribution is 5.88. The van der Waals surface area contributed by atoms with Crippen LogP contribution in [0.15, 0.2) is 42.5 Å². The van der Waals surface area contributed by atoms with Gasteiger partial charge in [-0.1, -0.05) is 19.9 Å². The van der Waals surface area contributed by atoms with E-state index < -0.39 is 0 Å². The highest BCUT2D eigenvalue weighted by Crippen LogP contribution is 2.23. The summed E-state index contributed by atoms with van der Waals surface area (Å²) in [6.45, 7) is 8.91. The number of ether oxygens (including phenoxy) is 2. The monoisotopic (exact) mass is 327 g/mol. The molecule has 2 aromatic carbocycles. The van der Waals surface area contributed by atoms with Crippen molar-refractivity contribution in [3.8, 4) is 11.5 Å². The lowest BCUT2D eigenvalue weighted by Gasteiger charge is -2.13. The SMILES string of the molecule is CC(=O)Nc1ccc(OCCOc2ccc(C(C)C)c(C)c2)cc1. The number of amides is 1. The predicted molar refractivity (Wildman–Crippen MR) is 97.0 cm³/mol. The van der Waals surface area contributed by atoms with Crippen molar-refractivity contribution in [2.45, 2.75) is 33.6 Å². The van der Waals surface area contributed by atoms with Gasteiger partial charge in [-0.3, -0.25) is 4.79 Å². The largest absolute Gasteiger partial charge is 0.490 e. The molecule has 1 N–H and O–H groups in total. The van der Waals surface area contributed by atoms with Gasteiger partial charge in [0.05, 0.1) is 0 Å². The van der Waals surface area contributed by atoms with Crippen LogP contribution >= 0.6 is 0 Å². The third-order valence-electron chi connectivity index (χ3n) is 3.66. The van der Waals surface area contributed by atoms with Gasteiger partial charge in [-0.05, 0) is 60.4 Å². The van der Waals surface area contributed by atoms with Crippen molar-refractivity contribution in [1.82, 2.24) is 0 Å². The van der Waals surface area contributed by atoms with E-state index in [4.69, 9.17) is 9.47 Å². The molecule has 0 saturated carbocycles. The summed E-state index contributed by atoms with van der Waals surface area (Å²) in [4.78, 5) is 11.0. The van der Waals surface area contributed by atoms with Crippen molar-refractivity contribution >= 4 is 11.6 Å². The second kappa shape index (κ2) is 8.39. The zero-order chi connectivity index (χ0) is 17.5. The van der Waals surface area contributed by atoms with Crippen LogP contribution in [-0.4, -0.2) is 19.1 Å². The molecule has 0 fully saturated rings. The average molecular weight is 327 g/mol. The zero-order valence-corrected chi connectivity index (χ0v) is 14.8. The van der Waals surface area contributed by atoms with E-state index in [1.807, 2.05) is 30.3 Å². The van der Waals surface area contributed by atoms with Crippen molar-refractivity contribution in [2.24, 2.45) is 0 Å². The Balaban J connectivity index is 1.78. The Morgan fingerprint density at radius 1 is 1.00 bits per heavy atom. The van der Waals surface area contributed by atoms with Crippen LogP contribution in [0.5, 0.6) is 11.5 Å². The third kappa shape index (κ3) is 5.30. The van der Waals surface area contributed by atoms with Gasteiger partial charge in [0, 0.05) is 12.6 Å². The molecule has 0 aliphatic carbocycles. The molecule has 2 rings (SSSR count). The van der Waals surface area contributed by atoms with Crippen molar-refractivity contribution < 1.29 is 14.3 Å². The Hall–Kier alpha value is -2.49. The summed E-state index contributed by atoms with van der Waals surface area (Å²) < 4.78 is 11.4. The summed E-state index contributed by atoms with van der Waals surface area (Å²) in [5.41, 5.74) is 3.35. The third-order valence-corrected chi connectivity index (χ3v) is 3.66. The fraction of sp³-hybridized carbons (Fsp3) is 0.350. The fourth-order valence-electron chi connectivity index (χ4n) is 2.54. The van der Waals surface area contributed by atoms with E-state index in [1.54, 1.807) is 0 Å². The van der Waals surface area contributed by atoms with Gasteiger partial charge in [-0.2, -0.15) is 0 Å². The topological polar surface area (TPSA) is 47.6 Å². The maximum atomic E-state index is 11.0. The fourth-order valence-corrected chi connectivity index (χ4v) is 2.54. The molecule has 0 aliphatic heterocycles. The van der Waals surface area contributed by atoms with Crippen LogP contribution in [0.3, 0.4) is 0 Å². The van der Waals surface area contributed by atoms with Gasteiger partial charge in [0.2, 0.25) is 5.91 Å². The molecule has 0 saturated heterocycles. The van der Waals surface area contributed by atoms with Gasteiger partial charge in [0.25, 0.3) is 0 Å². The molecule has 0 aromatic heterocycles. The number of carbonyl (C=O) groups is 1. The summed E-state index contributed by atoms with van der Waals surface area (Å²) in [7, 11) is 0. The van der Waals surface area contributed by atoms with Crippen LogP contribution < -0.4 is 14.8 Å². The second-order valence-electron chi connectivity index (χ2n) is 6.08. The first-order chi connectivity index (χ1) is 11.5. The molecule has 0 radical (unpaired) electrons. The Morgan fingerprint density at radius 3 is 2.12 bits per heavy atom. The van der Waals surface area contributed by atoms with Gasteiger partial charge in [0.1, 0.15) is 24.7 Å². The van der Waals surface area contributed by atoms with E-state index in [1.165, 1.54) is 18.1 Å². The minimum absolute atomic E-state index is 0.0872. The minimum atomic E-state index is -0.0872. The number of rotatable bonds is 7. The van der Waals surface area contributed by atoms with Gasteiger partial charge < -0.3 is 14.8 Å². The molecule has 128 valence electrons. The molecule has 0 aliphatic rings. The molecule has 1 amide bonds. The number of hydrogen-bond donors (Lipinski definition) is 1. The average Bonchev–Trinajstić information content (AvgIpc) is 2.52. The maximum Gasteiger partial charge on any atom is 0.221 e. The summed E-state index contributed by atoms with van der Waals surface area (Å²) in [6, 6.07) is 13.5. The number of carbonyl (C=O) groups excluding carboxylic acids is 1. The molecule has 0 heterocycles. The van der Waals surface area contributed by atoms with E-state index in [-0.39, 0.29) is 5.91 Å². The van der Waals surface area contributed by atoms with Crippen LogP contribution in [-0.2, 0) is 4.79 Å². The molecule has 4 nitrogen and oxygen atoms in total. The first-order valence-corrected chi connectivity index (χ1v) is 8.19. The molecule has 2 aromatic rings. The molecule has 0 unspecified atom stereocenters. The van der Waals surface area contributed by atoms with Crippen LogP contribution in [0.4, 0.5) is 5.69 Å². The number of aryl methyl sites for hydroxylation is 1. The maximum absolute atomic E-state index is 11.0. The lowest BCUT2D eigenvalue weighted by atomic mass is 9.98. The Bertz CT molecular complexity index is 678. The Kier molecular flexibility index (Phi) is 6.24. The predicted octanol–water partition coefficient (Wildman–Crippen LogP) is 4.53. The number of anilines is 1. The standard InChI is InChI=1S/C20H25NO3/c1-14(2)20-10-9-19(13-15(20)3)24-12-11-23-18-7-5-17(6-8-18)21-16(4)22/h5-10,13-14H,11-12H2,1-4H3,(H,21,22). The van der Waals surface area contributed by atoms with Crippen LogP contribution in [0.2, 0.25) is 0 Å². The Labute approximate surface area is 143 Å². The van der Waals surface area contributed by atoms with Crippen molar-refractivity contribution in [3.63, 3.8) is 0 Å². The normalized spacial score (nSPS) is 10.5. The van der Waals surface area contributed by atoms with E-state index in [9.17, 15) is 4.79 Å². The van der Waals surface area contributed by atoms with Gasteiger partial charge >= 0.3 is 0 Å². The molecule has 0 bridgehead atoms. The molecule has 0 spiro atoms. The van der Waals surface area contributed by atoms with E-state index in [2.05, 4.69) is 38.2 Å². The van der Waals surface area contributed by atoms with Gasteiger partial charge in [-0.15, -0.1) is 0 Å². The first-order valence-electron chi connectivity index (χ1n) is 8.19. The highest BCUT2D eigenvalue weighted by Gasteiger charge is 2.05. The van der Waals surface area contributed by atoms with E-state index in [0.717, 1.165) is 17.2 Å². The van der Waals surface area contributed by atoms with Crippen molar-refractivity contribution in [3.05, 3.63) is 53.6 Å². The summed E-state index contributed by atoms with van der Waals surface area (Å²) in [5, 5.41) is 2.72. The lowest BCUT2D eigenvalue weighted by molar-refractivity contribution is -0.114. The zero-order valence-electron chi connectivity index (χ0n) is 14.8. The van der Waals surface area contributed by atoms with E-state index >= 15 is 0 Å². The minimum Gasteiger partial charge on any atom is -0.490 e. The van der Waals surface area contributed by atoms with Crippen LogP contribution in [0.25, 0.3) is 0 Å².